The first-order valence-electron chi connectivity index (χ1n) is 4.71. The Labute approximate surface area is 68.3 Å². The van der Waals surface area contributed by atoms with Crippen LogP contribution >= 0.6 is 0 Å². The standard InChI is InChI=1S/C9H17NO/c1-3-8-7-4-5-10-9(7)6(2)11-8/h6-10H,3-5H2,1-2H3. The lowest BCUT2D eigenvalue weighted by molar-refractivity contribution is 0.0350. The summed E-state index contributed by atoms with van der Waals surface area (Å²) in [7, 11) is 0. The molecule has 2 aliphatic heterocycles. The van der Waals surface area contributed by atoms with Gasteiger partial charge in [0.1, 0.15) is 0 Å². The Morgan fingerprint density at radius 2 is 2.36 bits per heavy atom. The lowest BCUT2D eigenvalue weighted by atomic mass is 9.94. The van der Waals surface area contributed by atoms with E-state index in [0.717, 1.165) is 5.92 Å². The molecule has 0 aliphatic carbocycles. The molecule has 2 fully saturated rings. The van der Waals surface area contributed by atoms with Gasteiger partial charge in [-0.05, 0) is 26.3 Å². The molecule has 2 rings (SSSR count). The van der Waals surface area contributed by atoms with Crippen molar-refractivity contribution in [3.63, 3.8) is 0 Å². The number of hydrogen-bond donors (Lipinski definition) is 1. The fourth-order valence-corrected chi connectivity index (χ4v) is 2.54. The molecular weight excluding hydrogens is 138 g/mol. The summed E-state index contributed by atoms with van der Waals surface area (Å²) in [4.78, 5) is 0. The maximum absolute atomic E-state index is 5.81. The van der Waals surface area contributed by atoms with E-state index >= 15 is 0 Å². The van der Waals surface area contributed by atoms with Gasteiger partial charge < -0.3 is 10.1 Å². The van der Waals surface area contributed by atoms with E-state index in [2.05, 4.69) is 19.2 Å². The molecule has 4 atom stereocenters. The average Bonchev–Trinajstić information content (AvgIpc) is 2.54. The van der Waals surface area contributed by atoms with E-state index in [4.69, 9.17) is 4.74 Å². The molecule has 0 aromatic rings. The van der Waals surface area contributed by atoms with Crippen molar-refractivity contribution in [1.29, 1.82) is 0 Å². The summed E-state index contributed by atoms with van der Waals surface area (Å²) in [6, 6.07) is 0.653. The van der Waals surface area contributed by atoms with E-state index in [1.807, 2.05) is 0 Å². The van der Waals surface area contributed by atoms with Crippen LogP contribution in [-0.2, 0) is 4.74 Å². The highest BCUT2D eigenvalue weighted by Gasteiger charge is 2.43. The van der Waals surface area contributed by atoms with Crippen molar-refractivity contribution >= 4 is 0 Å². The smallest absolute Gasteiger partial charge is 0.0707 e. The van der Waals surface area contributed by atoms with Crippen LogP contribution in [-0.4, -0.2) is 24.8 Å². The molecular formula is C9H17NO. The topological polar surface area (TPSA) is 21.3 Å². The minimum atomic E-state index is 0.437. The van der Waals surface area contributed by atoms with Gasteiger partial charge in [0, 0.05) is 12.0 Å². The molecule has 0 saturated carbocycles. The summed E-state index contributed by atoms with van der Waals surface area (Å²) in [5.74, 6) is 0.801. The molecule has 64 valence electrons. The van der Waals surface area contributed by atoms with Gasteiger partial charge in [-0.25, -0.2) is 0 Å². The van der Waals surface area contributed by atoms with Crippen LogP contribution in [0.3, 0.4) is 0 Å². The van der Waals surface area contributed by atoms with Crippen LogP contribution in [0.5, 0.6) is 0 Å². The molecule has 2 heteroatoms. The van der Waals surface area contributed by atoms with Gasteiger partial charge >= 0.3 is 0 Å². The minimum Gasteiger partial charge on any atom is -0.373 e. The molecule has 2 saturated heterocycles. The molecule has 4 unspecified atom stereocenters. The predicted molar refractivity (Wildman–Crippen MR) is 44.5 cm³/mol. The van der Waals surface area contributed by atoms with Crippen LogP contribution in [0.25, 0.3) is 0 Å². The Morgan fingerprint density at radius 1 is 1.55 bits per heavy atom. The quantitative estimate of drug-likeness (QED) is 0.613. The van der Waals surface area contributed by atoms with Gasteiger partial charge in [0.25, 0.3) is 0 Å². The highest BCUT2D eigenvalue weighted by Crippen LogP contribution is 2.34. The molecule has 0 amide bonds. The first kappa shape index (κ1) is 7.56. The van der Waals surface area contributed by atoms with Crippen LogP contribution in [0.1, 0.15) is 26.7 Å². The molecule has 2 heterocycles. The van der Waals surface area contributed by atoms with E-state index in [9.17, 15) is 0 Å². The molecule has 1 N–H and O–H groups in total. The van der Waals surface area contributed by atoms with Gasteiger partial charge in [-0.2, -0.15) is 0 Å². The number of nitrogens with one attached hydrogen (secondary N) is 1. The van der Waals surface area contributed by atoms with Gasteiger partial charge in [0.2, 0.25) is 0 Å². The highest BCUT2D eigenvalue weighted by molar-refractivity contribution is 4.97. The lowest BCUT2D eigenvalue weighted by Crippen LogP contribution is -2.32. The first-order valence-corrected chi connectivity index (χ1v) is 4.71. The number of hydrogen-bond acceptors (Lipinski definition) is 2. The molecule has 0 spiro atoms. The van der Waals surface area contributed by atoms with E-state index in [1.165, 1.54) is 19.4 Å². The minimum absolute atomic E-state index is 0.437. The monoisotopic (exact) mass is 155 g/mol. The van der Waals surface area contributed by atoms with Crippen molar-refractivity contribution in [3.05, 3.63) is 0 Å². The van der Waals surface area contributed by atoms with Crippen LogP contribution < -0.4 is 5.32 Å². The van der Waals surface area contributed by atoms with Gasteiger partial charge in [-0.1, -0.05) is 6.92 Å². The molecule has 0 radical (unpaired) electrons. The lowest BCUT2D eigenvalue weighted by Gasteiger charge is -2.12. The zero-order chi connectivity index (χ0) is 7.84. The zero-order valence-electron chi connectivity index (χ0n) is 7.34. The van der Waals surface area contributed by atoms with Crippen molar-refractivity contribution in [2.45, 2.75) is 44.9 Å². The molecule has 11 heavy (non-hydrogen) atoms. The van der Waals surface area contributed by atoms with Crippen molar-refractivity contribution in [1.82, 2.24) is 5.32 Å². The second-order valence-corrected chi connectivity index (χ2v) is 3.72. The average molecular weight is 155 g/mol. The third-order valence-corrected chi connectivity index (χ3v) is 3.09. The van der Waals surface area contributed by atoms with E-state index < -0.39 is 0 Å². The summed E-state index contributed by atoms with van der Waals surface area (Å²) in [5, 5.41) is 3.51. The van der Waals surface area contributed by atoms with Gasteiger partial charge in [0.15, 0.2) is 0 Å². The maximum atomic E-state index is 5.81. The summed E-state index contributed by atoms with van der Waals surface area (Å²) in [5.41, 5.74) is 0. The Kier molecular flexibility index (Phi) is 1.90. The fraction of sp³-hybridized carbons (Fsp3) is 1.00. The largest absolute Gasteiger partial charge is 0.373 e. The third kappa shape index (κ3) is 1.09. The van der Waals surface area contributed by atoms with E-state index in [-0.39, 0.29) is 0 Å². The number of fused-ring (bicyclic) bond motifs is 1. The first-order chi connectivity index (χ1) is 5.33. The zero-order valence-corrected chi connectivity index (χ0v) is 7.34. The summed E-state index contributed by atoms with van der Waals surface area (Å²) in [6.45, 7) is 5.60. The van der Waals surface area contributed by atoms with Crippen LogP contribution in [0.2, 0.25) is 0 Å². The maximum Gasteiger partial charge on any atom is 0.0707 e. The summed E-state index contributed by atoms with van der Waals surface area (Å²) < 4.78 is 5.81. The van der Waals surface area contributed by atoms with Gasteiger partial charge in [0.05, 0.1) is 12.2 Å². The molecule has 0 bridgehead atoms. The Morgan fingerprint density at radius 3 is 3.09 bits per heavy atom. The van der Waals surface area contributed by atoms with Crippen LogP contribution in [0.4, 0.5) is 0 Å². The molecule has 2 aliphatic rings. The van der Waals surface area contributed by atoms with Crippen molar-refractivity contribution < 1.29 is 4.74 Å². The Balaban J connectivity index is 2.07. The normalized spacial score (nSPS) is 49.6. The van der Waals surface area contributed by atoms with Crippen LogP contribution in [0.15, 0.2) is 0 Å². The van der Waals surface area contributed by atoms with Gasteiger partial charge in [-0.15, -0.1) is 0 Å². The number of rotatable bonds is 1. The van der Waals surface area contributed by atoms with Gasteiger partial charge in [-0.3, -0.25) is 0 Å². The summed E-state index contributed by atoms with van der Waals surface area (Å²) >= 11 is 0. The highest BCUT2D eigenvalue weighted by atomic mass is 16.5. The van der Waals surface area contributed by atoms with E-state index in [1.54, 1.807) is 0 Å². The van der Waals surface area contributed by atoms with Crippen molar-refractivity contribution in [3.8, 4) is 0 Å². The van der Waals surface area contributed by atoms with Crippen molar-refractivity contribution in [2.24, 2.45) is 5.92 Å². The predicted octanol–water partition coefficient (Wildman–Crippen LogP) is 1.16. The van der Waals surface area contributed by atoms with Crippen molar-refractivity contribution in [2.75, 3.05) is 6.54 Å². The fourth-order valence-electron chi connectivity index (χ4n) is 2.54. The second kappa shape index (κ2) is 2.76. The van der Waals surface area contributed by atoms with E-state index in [0.29, 0.717) is 18.2 Å². The molecule has 2 nitrogen and oxygen atoms in total. The SMILES string of the molecule is CCC1OC(C)C2NCCC12. The molecule has 0 aromatic heterocycles. The van der Waals surface area contributed by atoms with Crippen LogP contribution in [0, 0.1) is 5.92 Å². The summed E-state index contributed by atoms with van der Waals surface area (Å²) in [6.07, 6.45) is 3.46. The third-order valence-electron chi connectivity index (χ3n) is 3.09. The molecule has 0 aromatic carbocycles. The number of ether oxygens (including phenoxy) is 1. The Bertz CT molecular complexity index is 148. The second-order valence-electron chi connectivity index (χ2n) is 3.72. The Hall–Kier alpha value is -0.0800.